The molecule has 0 bridgehead atoms. The lowest BCUT2D eigenvalue weighted by Gasteiger charge is -2.23. The van der Waals surface area contributed by atoms with Crippen molar-refractivity contribution in [1.29, 1.82) is 0 Å². The second-order valence-electron chi connectivity index (χ2n) is 5.25. The van der Waals surface area contributed by atoms with Crippen LogP contribution in [0.3, 0.4) is 0 Å². The summed E-state index contributed by atoms with van der Waals surface area (Å²) in [5, 5.41) is 3.19. The molecule has 0 aromatic carbocycles. The summed E-state index contributed by atoms with van der Waals surface area (Å²) in [7, 11) is 0. The molecule has 4 atom stereocenters. The maximum absolute atomic E-state index is 12.2. The maximum Gasteiger partial charge on any atom is 0.226 e. The van der Waals surface area contributed by atoms with Crippen molar-refractivity contribution in [3.05, 3.63) is 0 Å². The summed E-state index contributed by atoms with van der Waals surface area (Å²) in [4.78, 5) is 12.2. The number of ether oxygens (including phenoxy) is 1. The fourth-order valence-electron chi connectivity index (χ4n) is 3.15. The van der Waals surface area contributed by atoms with E-state index in [0.29, 0.717) is 18.5 Å². The lowest BCUT2D eigenvalue weighted by molar-refractivity contribution is -0.127. The van der Waals surface area contributed by atoms with Crippen molar-refractivity contribution < 1.29 is 9.53 Å². The van der Waals surface area contributed by atoms with Gasteiger partial charge in [0.05, 0.1) is 12.0 Å². The highest BCUT2D eigenvalue weighted by molar-refractivity contribution is 5.79. The van der Waals surface area contributed by atoms with Crippen LogP contribution in [0, 0.1) is 11.8 Å². The molecule has 17 heavy (non-hydrogen) atoms. The number of nitrogens with one attached hydrogen (secondary N) is 1. The molecular weight excluding hydrogens is 216 g/mol. The molecule has 98 valence electrons. The van der Waals surface area contributed by atoms with E-state index in [1.54, 1.807) is 0 Å². The molecule has 0 aromatic rings. The minimum absolute atomic E-state index is 0.0547. The monoisotopic (exact) mass is 240 g/mol. The van der Waals surface area contributed by atoms with E-state index in [-0.39, 0.29) is 17.9 Å². The second kappa shape index (κ2) is 5.83. The highest BCUT2D eigenvalue weighted by Gasteiger charge is 2.35. The minimum atomic E-state index is 0.0547. The summed E-state index contributed by atoms with van der Waals surface area (Å²) < 4.78 is 5.57. The van der Waals surface area contributed by atoms with Gasteiger partial charge in [-0.15, -0.1) is 0 Å². The third-order valence-corrected chi connectivity index (χ3v) is 4.24. The van der Waals surface area contributed by atoms with Crippen LogP contribution in [-0.4, -0.2) is 31.2 Å². The molecule has 1 heterocycles. The van der Waals surface area contributed by atoms with Gasteiger partial charge < -0.3 is 15.8 Å². The lowest BCUT2D eigenvalue weighted by Crippen LogP contribution is -2.44. The molecule has 0 spiro atoms. The van der Waals surface area contributed by atoms with Crippen LogP contribution in [0.2, 0.25) is 0 Å². The molecule has 2 aliphatic rings. The predicted molar refractivity (Wildman–Crippen MR) is 66.5 cm³/mol. The molecule has 0 radical (unpaired) electrons. The first-order chi connectivity index (χ1) is 8.26. The highest BCUT2D eigenvalue weighted by Crippen LogP contribution is 2.27. The molecule has 1 amide bonds. The Kier molecular flexibility index (Phi) is 4.40. The average molecular weight is 240 g/mol. The highest BCUT2D eigenvalue weighted by atomic mass is 16.5. The predicted octanol–water partition coefficient (Wildman–Crippen LogP) is 1.05. The van der Waals surface area contributed by atoms with Gasteiger partial charge in [0, 0.05) is 12.6 Å². The van der Waals surface area contributed by atoms with Gasteiger partial charge >= 0.3 is 0 Å². The SMILES string of the molecule is CCC1OCCC1C(=O)NC1CCCC1CN. The van der Waals surface area contributed by atoms with Crippen molar-refractivity contribution in [1.82, 2.24) is 5.32 Å². The van der Waals surface area contributed by atoms with Gasteiger partial charge in [-0.2, -0.15) is 0 Å². The Hall–Kier alpha value is -0.610. The summed E-state index contributed by atoms with van der Waals surface area (Å²) in [6.07, 6.45) is 5.32. The van der Waals surface area contributed by atoms with Crippen LogP contribution in [-0.2, 0) is 9.53 Å². The fraction of sp³-hybridized carbons (Fsp3) is 0.923. The second-order valence-corrected chi connectivity index (χ2v) is 5.25. The molecule has 4 heteroatoms. The third-order valence-electron chi connectivity index (χ3n) is 4.24. The summed E-state index contributed by atoms with van der Waals surface area (Å²) >= 11 is 0. The van der Waals surface area contributed by atoms with Gasteiger partial charge in [0.2, 0.25) is 5.91 Å². The summed E-state index contributed by atoms with van der Waals surface area (Å²) in [5.41, 5.74) is 5.73. The van der Waals surface area contributed by atoms with Crippen molar-refractivity contribution >= 4 is 5.91 Å². The number of carbonyl (C=O) groups is 1. The molecule has 4 nitrogen and oxygen atoms in total. The molecule has 1 saturated heterocycles. The molecule has 2 fully saturated rings. The van der Waals surface area contributed by atoms with Gasteiger partial charge in [-0.25, -0.2) is 0 Å². The van der Waals surface area contributed by atoms with Crippen molar-refractivity contribution in [3.8, 4) is 0 Å². The first-order valence-electron chi connectivity index (χ1n) is 6.88. The van der Waals surface area contributed by atoms with Crippen LogP contribution < -0.4 is 11.1 Å². The van der Waals surface area contributed by atoms with Crippen LogP contribution in [0.25, 0.3) is 0 Å². The maximum atomic E-state index is 12.2. The van der Waals surface area contributed by atoms with Gasteiger partial charge in [0.1, 0.15) is 0 Å². The number of hydrogen-bond donors (Lipinski definition) is 2. The summed E-state index contributed by atoms with van der Waals surface area (Å²) in [6, 6.07) is 0.297. The van der Waals surface area contributed by atoms with E-state index in [4.69, 9.17) is 10.5 Å². The standard InChI is InChI=1S/C13H24N2O2/c1-2-12-10(6-7-17-12)13(16)15-11-5-3-4-9(11)8-14/h9-12H,2-8,14H2,1H3,(H,15,16). The van der Waals surface area contributed by atoms with Crippen LogP contribution in [0.5, 0.6) is 0 Å². The van der Waals surface area contributed by atoms with Gasteiger partial charge in [-0.05, 0) is 38.1 Å². The minimum Gasteiger partial charge on any atom is -0.377 e. The van der Waals surface area contributed by atoms with E-state index in [0.717, 1.165) is 32.3 Å². The van der Waals surface area contributed by atoms with Crippen molar-refractivity contribution in [3.63, 3.8) is 0 Å². The van der Waals surface area contributed by atoms with Crippen molar-refractivity contribution in [2.45, 2.75) is 51.2 Å². The van der Waals surface area contributed by atoms with Crippen LogP contribution in [0.1, 0.15) is 39.0 Å². The third kappa shape index (κ3) is 2.80. The van der Waals surface area contributed by atoms with E-state index in [9.17, 15) is 4.79 Å². The van der Waals surface area contributed by atoms with E-state index in [1.165, 1.54) is 6.42 Å². The van der Waals surface area contributed by atoms with Crippen molar-refractivity contribution in [2.24, 2.45) is 17.6 Å². The Morgan fingerprint density at radius 1 is 1.41 bits per heavy atom. The van der Waals surface area contributed by atoms with E-state index in [1.807, 2.05) is 0 Å². The van der Waals surface area contributed by atoms with Gasteiger partial charge in [0.15, 0.2) is 0 Å². The van der Waals surface area contributed by atoms with Crippen LogP contribution in [0.4, 0.5) is 0 Å². The Bertz CT molecular complexity index is 270. The quantitative estimate of drug-likeness (QED) is 0.772. The largest absolute Gasteiger partial charge is 0.377 e. The molecule has 1 aliphatic carbocycles. The van der Waals surface area contributed by atoms with Gasteiger partial charge in [-0.1, -0.05) is 13.3 Å². The Labute approximate surface area is 103 Å². The molecule has 1 saturated carbocycles. The number of amides is 1. The molecule has 0 aromatic heterocycles. The smallest absolute Gasteiger partial charge is 0.226 e. The Morgan fingerprint density at radius 2 is 2.24 bits per heavy atom. The van der Waals surface area contributed by atoms with E-state index < -0.39 is 0 Å². The van der Waals surface area contributed by atoms with Crippen LogP contribution >= 0.6 is 0 Å². The average Bonchev–Trinajstić information content (AvgIpc) is 2.96. The topological polar surface area (TPSA) is 64.3 Å². The zero-order valence-electron chi connectivity index (χ0n) is 10.7. The van der Waals surface area contributed by atoms with Crippen molar-refractivity contribution in [2.75, 3.05) is 13.2 Å². The van der Waals surface area contributed by atoms with E-state index in [2.05, 4.69) is 12.2 Å². The molecular formula is C13H24N2O2. The number of hydrogen-bond acceptors (Lipinski definition) is 3. The van der Waals surface area contributed by atoms with E-state index >= 15 is 0 Å². The normalized spacial score (nSPS) is 37.3. The van der Waals surface area contributed by atoms with Gasteiger partial charge in [-0.3, -0.25) is 4.79 Å². The number of rotatable bonds is 4. The fourth-order valence-corrected chi connectivity index (χ4v) is 3.15. The zero-order chi connectivity index (χ0) is 12.3. The number of carbonyl (C=O) groups excluding carboxylic acids is 1. The first-order valence-corrected chi connectivity index (χ1v) is 6.88. The summed E-state index contributed by atoms with van der Waals surface area (Å²) in [5.74, 6) is 0.708. The lowest BCUT2D eigenvalue weighted by atomic mass is 9.97. The molecule has 3 N–H and O–H groups in total. The Morgan fingerprint density at radius 3 is 2.94 bits per heavy atom. The first kappa shape index (κ1) is 12.8. The molecule has 1 aliphatic heterocycles. The molecule has 2 rings (SSSR count). The zero-order valence-corrected chi connectivity index (χ0v) is 10.7. The van der Waals surface area contributed by atoms with Gasteiger partial charge in [0.25, 0.3) is 0 Å². The number of nitrogens with two attached hydrogens (primary N) is 1. The summed E-state index contributed by atoms with van der Waals surface area (Å²) in [6.45, 7) is 3.49. The molecule has 4 unspecified atom stereocenters. The Balaban J connectivity index is 1.88. The van der Waals surface area contributed by atoms with Crippen LogP contribution in [0.15, 0.2) is 0 Å².